The van der Waals surface area contributed by atoms with Crippen LogP contribution in [-0.4, -0.2) is 22.0 Å². The van der Waals surface area contributed by atoms with Gasteiger partial charge in [0, 0.05) is 12.8 Å². The van der Waals surface area contributed by atoms with Crippen molar-refractivity contribution in [3.05, 3.63) is 48.3 Å². The van der Waals surface area contributed by atoms with E-state index in [0.29, 0.717) is 0 Å². The summed E-state index contributed by atoms with van der Waals surface area (Å²) in [6.45, 7) is 2.91. The molecular weight excluding hydrogens is 250 g/mol. The molecule has 2 N–H and O–H groups in total. The van der Waals surface area contributed by atoms with Crippen LogP contribution >= 0.6 is 0 Å². The topological polar surface area (TPSA) is 53.1 Å². The smallest absolute Gasteiger partial charge is 0.0861 e. The van der Waals surface area contributed by atoms with Crippen LogP contribution in [-0.2, 0) is 4.74 Å². The number of ether oxygens (including phenoxy) is 1. The van der Waals surface area contributed by atoms with E-state index in [0.717, 1.165) is 30.8 Å². The Morgan fingerprint density at radius 3 is 2.75 bits per heavy atom. The minimum Gasteiger partial charge on any atom is -0.373 e. The van der Waals surface area contributed by atoms with Crippen LogP contribution in [0.15, 0.2) is 42.6 Å². The van der Waals surface area contributed by atoms with E-state index in [1.807, 2.05) is 41.1 Å². The first-order valence-electron chi connectivity index (χ1n) is 7.20. The molecule has 3 rings (SSSR count). The van der Waals surface area contributed by atoms with Gasteiger partial charge in [-0.15, -0.1) is 0 Å². The molecule has 2 heterocycles. The molecule has 2 atom stereocenters. The van der Waals surface area contributed by atoms with Crippen LogP contribution in [0, 0.1) is 0 Å². The molecule has 2 aromatic rings. The van der Waals surface area contributed by atoms with Gasteiger partial charge in [-0.25, -0.2) is 4.68 Å². The van der Waals surface area contributed by atoms with E-state index in [1.165, 1.54) is 6.42 Å². The lowest BCUT2D eigenvalue weighted by molar-refractivity contribution is -0.0831. The molecular formula is C16H21N3O. The van der Waals surface area contributed by atoms with Gasteiger partial charge in [-0.3, -0.25) is 0 Å². The molecule has 0 spiro atoms. The summed E-state index contributed by atoms with van der Waals surface area (Å²) < 4.78 is 7.89. The predicted molar refractivity (Wildman–Crippen MR) is 78.7 cm³/mol. The molecule has 1 aromatic heterocycles. The predicted octanol–water partition coefficient (Wildman–Crippen LogP) is 2.83. The van der Waals surface area contributed by atoms with Gasteiger partial charge in [-0.05, 0) is 44.4 Å². The SMILES string of the molecule is CC1(C(N)c2ccnn2-c2ccccc2)CCCCO1. The van der Waals surface area contributed by atoms with Gasteiger partial charge >= 0.3 is 0 Å². The first-order chi connectivity index (χ1) is 9.71. The average molecular weight is 271 g/mol. The molecule has 1 fully saturated rings. The summed E-state index contributed by atoms with van der Waals surface area (Å²) in [6, 6.07) is 11.9. The lowest BCUT2D eigenvalue weighted by Gasteiger charge is -2.38. The Labute approximate surface area is 119 Å². The Balaban J connectivity index is 1.93. The molecule has 1 aliphatic heterocycles. The van der Waals surface area contributed by atoms with Crippen molar-refractivity contribution >= 4 is 0 Å². The number of rotatable bonds is 3. The maximum atomic E-state index is 6.50. The maximum absolute atomic E-state index is 6.50. The molecule has 4 heteroatoms. The molecule has 0 amide bonds. The molecule has 20 heavy (non-hydrogen) atoms. The fraction of sp³-hybridized carbons (Fsp3) is 0.438. The number of hydrogen-bond donors (Lipinski definition) is 1. The van der Waals surface area contributed by atoms with Crippen LogP contribution in [0.1, 0.15) is 37.9 Å². The van der Waals surface area contributed by atoms with Crippen molar-refractivity contribution in [1.29, 1.82) is 0 Å². The molecule has 106 valence electrons. The molecule has 4 nitrogen and oxygen atoms in total. The van der Waals surface area contributed by atoms with Crippen molar-refractivity contribution in [1.82, 2.24) is 9.78 Å². The second-order valence-corrected chi connectivity index (χ2v) is 5.60. The zero-order valence-electron chi connectivity index (χ0n) is 11.8. The van der Waals surface area contributed by atoms with Crippen molar-refractivity contribution in [3.8, 4) is 5.69 Å². The number of hydrogen-bond acceptors (Lipinski definition) is 3. The monoisotopic (exact) mass is 271 g/mol. The number of nitrogens with two attached hydrogens (primary N) is 1. The third kappa shape index (κ3) is 2.37. The minimum absolute atomic E-state index is 0.175. The Morgan fingerprint density at radius 2 is 2.05 bits per heavy atom. The lowest BCUT2D eigenvalue weighted by atomic mass is 9.87. The van der Waals surface area contributed by atoms with Crippen molar-refractivity contribution in [2.24, 2.45) is 5.73 Å². The highest BCUT2D eigenvalue weighted by Crippen LogP contribution is 2.35. The highest BCUT2D eigenvalue weighted by molar-refractivity contribution is 5.33. The summed E-state index contributed by atoms with van der Waals surface area (Å²) in [4.78, 5) is 0. The zero-order chi connectivity index (χ0) is 14.0. The van der Waals surface area contributed by atoms with Crippen LogP contribution in [0.3, 0.4) is 0 Å². The molecule has 0 saturated carbocycles. The molecule has 1 aliphatic rings. The van der Waals surface area contributed by atoms with Crippen LogP contribution in [0.25, 0.3) is 5.69 Å². The highest BCUT2D eigenvalue weighted by Gasteiger charge is 2.37. The van der Waals surface area contributed by atoms with Gasteiger partial charge in [0.2, 0.25) is 0 Å². The van der Waals surface area contributed by atoms with Crippen LogP contribution in [0.4, 0.5) is 0 Å². The molecule has 2 unspecified atom stereocenters. The molecule has 0 aliphatic carbocycles. The summed E-state index contributed by atoms with van der Waals surface area (Å²) in [6.07, 6.45) is 5.09. The molecule has 0 bridgehead atoms. The van der Waals surface area contributed by atoms with Crippen molar-refractivity contribution in [2.75, 3.05) is 6.61 Å². The molecule has 0 radical (unpaired) electrons. The third-order valence-electron chi connectivity index (χ3n) is 4.15. The Bertz CT molecular complexity index is 558. The van der Waals surface area contributed by atoms with Gasteiger partial charge in [-0.1, -0.05) is 18.2 Å². The second-order valence-electron chi connectivity index (χ2n) is 5.60. The Hall–Kier alpha value is -1.65. The number of aromatic nitrogens is 2. The van der Waals surface area contributed by atoms with Gasteiger partial charge in [0.05, 0.1) is 23.0 Å². The van der Waals surface area contributed by atoms with Gasteiger partial charge in [0.1, 0.15) is 0 Å². The van der Waals surface area contributed by atoms with Crippen LogP contribution in [0.2, 0.25) is 0 Å². The van der Waals surface area contributed by atoms with Gasteiger partial charge < -0.3 is 10.5 Å². The quantitative estimate of drug-likeness (QED) is 0.934. The Morgan fingerprint density at radius 1 is 1.25 bits per heavy atom. The molecule has 1 aromatic carbocycles. The van der Waals surface area contributed by atoms with E-state index in [-0.39, 0.29) is 11.6 Å². The number of benzene rings is 1. The van der Waals surface area contributed by atoms with E-state index in [4.69, 9.17) is 10.5 Å². The van der Waals surface area contributed by atoms with Crippen molar-refractivity contribution in [3.63, 3.8) is 0 Å². The molecule has 1 saturated heterocycles. The highest BCUT2D eigenvalue weighted by atomic mass is 16.5. The Kier molecular flexibility index (Phi) is 3.59. The fourth-order valence-corrected chi connectivity index (χ4v) is 2.85. The third-order valence-corrected chi connectivity index (χ3v) is 4.15. The number of para-hydroxylation sites is 1. The standard InChI is InChI=1S/C16H21N3O/c1-16(10-5-6-12-20-16)15(17)14-9-11-18-19(14)13-7-3-2-4-8-13/h2-4,7-9,11,15H,5-6,10,12,17H2,1H3. The van der Waals surface area contributed by atoms with E-state index < -0.39 is 0 Å². The summed E-state index contributed by atoms with van der Waals surface area (Å²) in [5.74, 6) is 0. The van der Waals surface area contributed by atoms with Gasteiger partial charge in [0.15, 0.2) is 0 Å². The van der Waals surface area contributed by atoms with E-state index in [2.05, 4.69) is 12.0 Å². The first kappa shape index (κ1) is 13.3. The second kappa shape index (κ2) is 5.38. The van der Waals surface area contributed by atoms with Crippen LogP contribution < -0.4 is 5.73 Å². The van der Waals surface area contributed by atoms with E-state index >= 15 is 0 Å². The first-order valence-corrected chi connectivity index (χ1v) is 7.20. The largest absolute Gasteiger partial charge is 0.373 e. The van der Waals surface area contributed by atoms with Crippen molar-refractivity contribution in [2.45, 2.75) is 37.8 Å². The summed E-state index contributed by atoms with van der Waals surface area (Å²) in [5.41, 5.74) is 8.23. The van der Waals surface area contributed by atoms with E-state index in [9.17, 15) is 0 Å². The zero-order valence-corrected chi connectivity index (χ0v) is 11.8. The lowest BCUT2D eigenvalue weighted by Crippen LogP contribution is -2.44. The minimum atomic E-state index is -0.301. The number of nitrogens with zero attached hydrogens (tertiary/aromatic N) is 2. The summed E-state index contributed by atoms with van der Waals surface area (Å²) in [5, 5.41) is 4.41. The van der Waals surface area contributed by atoms with Crippen LogP contribution in [0.5, 0.6) is 0 Å². The van der Waals surface area contributed by atoms with Gasteiger partial charge in [0.25, 0.3) is 0 Å². The van der Waals surface area contributed by atoms with Crippen molar-refractivity contribution < 1.29 is 4.74 Å². The maximum Gasteiger partial charge on any atom is 0.0861 e. The van der Waals surface area contributed by atoms with E-state index in [1.54, 1.807) is 6.20 Å². The summed E-state index contributed by atoms with van der Waals surface area (Å²) >= 11 is 0. The fourth-order valence-electron chi connectivity index (χ4n) is 2.85. The van der Waals surface area contributed by atoms with Gasteiger partial charge in [-0.2, -0.15) is 5.10 Å². The normalized spacial score (nSPS) is 24.5. The average Bonchev–Trinajstić information content (AvgIpc) is 2.97. The summed E-state index contributed by atoms with van der Waals surface area (Å²) in [7, 11) is 0.